The van der Waals surface area contributed by atoms with Gasteiger partial charge < -0.3 is 9.47 Å². The molecule has 1 heterocycles. The van der Waals surface area contributed by atoms with Crippen molar-refractivity contribution in [2.75, 3.05) is 18.6 Å². The summed E-state index contributed by atoms with van der Waals surface area (Å²) in [6.07, 6.45) is 3.20. The summed E-state index contributed by atoms with van der Waals surface area (Å²) >= 11 is 7.72. The number of carbonyl (C=O) groups is 1. The van der Waals surface area contributed by atoms with Gasteiger partial charge in [0.15, 0.2) is 16.6 Å². The highest BCUT2D eigenvalue weighted by Gasteiger charge is 2.19. The normalized spacial score (nSPS) is 10.9. The van der Waals surface area contributed by atoms with E-state index in [1.165, 1.54) is 24.5 Å². The number of aryl methyl sites for hydroxylation is 1. The van der Waals surface area contributed by atoms with Crippen LogP contribution < -0.4 is 14.4 Å². The maximum absolute atomic E-state index is 13.1. The van der Waals surface area contributed by atoms with Gasteiger partial charge in [-0.25, -0.2) is 4.98 Å². The maximum Gasteiger partial charge on any atom is 0.257 e. The lowest BCUT2D eigenvalue weighted by molar-refractivity contribution is -0.113. The Hall–Kier alpha value is -2.83. The van der Waals surface area contributed by atoms with Crippen LogP contribution in [0.5, 0.6) is 11.5 Å². The fourth-order valence-electron chi connectivity index (χ4n) is 2.74. The van der Waals surface area contributed by atoms with Gasteiger partial charge in [0.1, 0.15) is 0 Å². The van der Waals surface area contributed by atoms with Crippen molar-refractivity contribution in [3.8, 4) is 11.5 Å². The summed E-state index contributed by atoms with van der Waals surface area (Å²) in [6, 6.07) is 12.9. The molecule has 0 atom stereocenters. The summed E-state index contributed by atoms with van der Waals surface area (Å²) in [5.74, 6) is 0.793. The monoisotopic (exact) mass is 428 g/mol. The predicted octanol–water partition coefficient (Wildman–Crippen LogP) is 5.89. The molecule has 150 valence electrons. The zero-order valence-electron chi connectivity index (χ0n) is 16.4. The van der Waals surface area contributed by atoms with Gasteiger partial charge in [0.2, 0.25) is 0 Å². The summed E-state index contributed by atoms with van der Waals surface area (Å²) in [4.78, 5) is 19.1. The second-order valence-corrected chi connectivity index (χ2v) is 7.32. The number of aromatic nitrogens is 1. The largest absolute Gasteiger partial charge is 0.491 e. The summed E-state index contributed by atoms with van der Waals surface area (Å²) in [5, 5.41) is 2.95. The van der Waals surface area contributed by atoms with Crippen LogP contribution in [-0.4, -0.2) is 24.6 Å². The van der Waals surface area contributed by atoms with Gasteiger partial charge in [-0.2, -0.15) is 0 Å². The average molecular weight is 429 g/mol. The number of anilines is 2. The molecule has 0 spiro atoms. The molecule has 0 N–H and O–H groups in total. The molecule has 5 nitrogen and oxygen atoms in total. The zero-order chi connectivity index (χ0) is 20.8. The number of hydrogen-bond donors (Lipinski definition) is 0. The number of rotatable bonds is 7. The lowest BCUT2D eigenvalue weighted by atomic mass is 10.1. The smallest absolute Gasteiger partial charge is 0.257 e. The minimum atomic E-state index is -0.213. The van der Waals surface area contributed by atoms with E-state index in [1.54, 1.807) is 23.1 Å². The Labute approximate surface area is 179 Å². The van der Waals surface area contributed by atoms with Crippen LogP contribution in [0.3, 0.4) is 0 Å². The molecular formula is C22H21ClN2O3S. The first kappa shape index (κ1) is 20.9. The van der Waals surface area contributed by atoms with Crippen LogP contribution in [-0.2, 0) is 4.79 Å². The summed E-state index contributed by atoms with van der Waals surface area (Å²) in [7, 11) is 1.54. The fraction of sp³-hybridized carbons (Fsp3) is 0.182. The van der Waals surface area contributed by atoms with Crippen molar-refractivity contribution in [3.63, 3.8) is 0 Å². The van der Waals surface area contributed by atoms with E-state index < -0.39 is 0 Å². The Morgan fingerprint density at radius 1 is 1.28 bits per heavy atom. The Morgan fingerprint density at radius 3 is 2.66 bits per heavy atom. The molecular weight excluding hydrogens is 408 g/mol. The summed E-state index contributed by atoms with van der Waals surface area (Å²) < 4.78 is 10.9. The molecule has 3 rings (SSSR count). The van der Waals surface area contributed by atoms with E-state index in [0.717, 1.165) is 16.9 Å². The molecule has 29 heavy (non-hydrogen) atoms. The van der Waals surface area contributed by atoms with Crippen LogP contribution in [0, 0.1) is 6.92 Å². The van der Waals surface area contributed by atoms with Crippen molar-refractivity contribution < 1.29 is 14.3 Å². The van der Waals surface area contributed by atoms with Crippen LogP contribution in [0.15, 0.2) is 53.9 Å². The molecule has 0 aliphatic rings. The molecule has 0 fully saturated rings. The predicted molar refractivity (Wildman–Crippen MR) is 119 cm³/mol. The number of amides is 1. The zero-order valence-corrected chi connectivity index (χ0v) is 18.0. The first-order chi connectivity index (χ1) is 14.0. The second kappa shape index (κ2) is 9.58. The standard InChI is InChI=1S/C22H21ClN2O3S/c1-4-28-19-13-16(12-18(23)21(19)27-3)10-11-20(26)25(17-8-6-5-7-9-17)22-24-15(2)14-29-22/h5-14H,4H2,1-3H3/b11-10+. The third-order valence-corrected chi connectivity index (χ3v) is 5.21. The quantitative estimate of drug-likeness (QED) is 0.440. The van der Waals surface area contributed by atoms with E-state index in [0.29, 0.717) is 28.3 Å². The molecule has 1 amide bonds. The molecule has 0 aliphatic carbocycles. The van der Waals surface area contributed by atoms with Crippen LogP contribution in [0.2, 0.25) is 5.02 Å². The molecule has 0 bridgehead atoms. The Bertz CT molecular complexity index is 1020. The van der Waals surface area contributed by atoms with E-state index in [9.17, 15) is 4.79 Å². The van der Waals surface area contributed by atoms with Crippen LogP contribution in [0.25, 0.3) is 6.08 Å². The van der Waals surface area contributed by atoms with Crippen LogP contribution >= 0.6 is 22.9 Å². The molecule has 3 aromatic rings. The van der Waals surface area contributed by atoms with Crippen molar-refractivity contribution in [1.29, 1.82) is 0 Å². The maximum atomic E-state index is 13.1. The minimum absolute atomic E-state index is 0.213. The van der Waals surface area contributed by atoms with Crippen molar-refractivity contribution in [2.24, 2.45) is 0 Å². The molecule has 1 aromatic heterocycles. The van der Waals surface area contributed by atoms with E-state index in [-0.39, 0.29) is 5.91 Å². The van der Waals surface area contributed by atoms with E-state index >= 15 is 0 Å². The van der Waals surface area contributed by atoms with Crippen LogP contribution in [0.4, 0.5) is 10.8 Å². The van der Waals surface area contributed by atoms with Crippen LogP contribution in [0.1, 0.15) is 18.2 Å². The van der Waals surface area contributed by atoms with Gasteiger partial charge in [0.05, 0.1) is 30.1 Å². The van der Waals surface area contributed by atoms with Gasteiger partial charge in [0.25, 0.3) is 5.91 Å². The third-order valence-electron chi connectivity index (χ3n) is 3.99. The van der Waals surface area contributed by atoms with E-state index in [1.807, 2.05) is 49.6 Å². The van der Waals surface area contributed by atoms with E-state index in [4.69, 9.17) is 21.1 Å². The van der Waals surface area contributed by atoms with Crippen molar-refractivity contribution in [2.45, 2.75) is 13.8 Å². The van der Waals surface area contributed by atoms with Gasteiger partial charge in [0, 0.05) is 11.5 Å². The van der Waals surface area contributed by atoms with Gasteiger partial charge in [-0.3, -0.25) is 9.69 Å². The van der Waals surface area contributed by atoms with Gasteiger partial charge in [-0.15, -0.1) is 11.3 Å². The lowest BCUT2D eigenvalue weighted by Gasteiger charge is -2.18. The highest BCUT2D eigenvalue weighted by atomic mass is 35.5. The van der Waals surface area contributed by atoms with Gasteiger partial charge >= 0.3 is 0 Å². The summed E-state index contributed by atoms with van der Waals surface area (Å²) in [6.45, 7) is 4.26. The number of para-hydroxylation sites is 1. The highest BCUT2D eigenvalue weighted by molar-refractivity contribution is 7.14. The Balaban J connectivity index is 1.93. The topological polar surface area (TPSA) is 51.7 Å². The third kappa shape index (κ3) is 4.96. The fourth-order valence-corrected chi connectivity index (χ4v) is 3.86. The minimum Gasteiger partial charge on any atom is -0.491 e. The number of hydrogen-bond acceptors (Lipinski definition) is 5. The number of ether oxygens (including phenoxy) is 2. The van der Waals surface area contributed by atoms with Gasteiger partial charge in [-0.05, 0) is 49.8 Å². The first-order valence-corrected chi connectivity index (χ1v) is 10.3. The van der Waals surface area contributed by atoms with Crippen molar-refractivity contribution >= 4 is 45.7 Å². The molecule has 0 radical (unpaired) electrons. The molecule has 7 heteroatoms. The number of halogens is 1. The molecule has 0 saturated heterocycles. The number of thiazole rings is 1. The highest BCUT2D eigenvalue weighted by Crippen LogP contribution is 2.37. The molecule has 0 unspecified atom stereocenters. The molecule has 0 saturated carbocycles. The molecule has 2 aromatic carbocycles. The second-order valence-electron chi connectivity index (χ2n) is 6.08. The van der Waals surface area contributed by atoms with Crippen molar-refractivity contribution in [1.82, 2.24) is 4.98 Å². The Morgan fingerprint density at radius 2 is 2.03 bits per heavy atom. The number of carbonyl (C=O) groups excluding carboxylic acids is 1. The summed E-state index contributed by atoms with van der Waals surface area (Å²) in [5.41, 5.74) is 2.35. The Kier molecular flexibility index (Phi) is 6.90. The van der Waals surface area contributed by atoms with E-state index in [2.05, 4.69) is 4.98 Å². The SMILES string of the molecule is CCOc1cc(/C=C/C(=O)N(c2ccccc2)c2nc(C)cs2)cc(Cl)c1OC. The lowest BCUT2D eigenvalue weighted by Crippen LogP contribution is -2.23. The number of nitrogens with zero attached hydrogens (tertiary/aromatic N) is 2. The van der Waals surface area contributed by atoms with Crippen molar-refractivity contribution in [3.05, 3.63) is 70.2 Å². The number of benzene rings is 2. The van der Waals surface area contributed by atoms with Gasteiger partial charge in [-0.1, -0.05) is 29.8 Å². The average Bonchev–Trinajstić information content (AvgIpc) is 3.13. The number of methoxy groups -OCH3 is 1. The first-order valence-electron chi connectivity index (χ1n) is 9.03. The molecule has 0 aliphatic heterocycles.